The van der Waals surface area contributed by atoms with Gasteiger partial charge in [0.2, 0.25) is 0 Å². The normalized spacial score (nSPS) is 16.5. The van der Waals surface area contributed by atoms with E-state index in [2.05, 4.69) is 22.6 Å². The van der Waals surface area contributed by atoms with Crippen molar-refractivity contribution in [3.63, 3.8) is 0 Å². The van der Waals surface area contributed by atoms with Gasteiger partial charge in [0.25, 0.3) is 5.91 Å². The van der Waals surface area contributed by atoms with E-state index in [1.54, 1.807) is 0 Å². The zero-order valence-corrected chi connectivity index (χ0v) is 10.7. The molecular formula is C12H12INO. The van der Waals surface area contributed by atoms with Gasteiger partial charge in [0, 0.05) is 21.4 Å². The number of benzene rings is 1. The van der Waals surface area contributed by atoms with E-state index >= 15 is 0 Å². The number of rotatable bonds is 1. The largest absolute Gasteiger partial charge is 0.308 e. The standard InChI is InChI=1S/C12H12INO/c1-9-3-2-8-14(12(9)15)11-6-4-10(13)5-7-11/h3-7H,2,8H2,1H3. The minimum Gasteiger partial charge on any atom is -0.308 e. The summed E-state index contributed by atoms with van der Waals surface area (Å²) in [5.41, 5.74) is 1.84. The monoisotopic (exact) mass is 313 g/mol. The summed E-state index contributed by atoms with van der Waals surface area (Å²) < 4.78 is 1.19. The zero-order chi connectivity index (χ0) is 10.8. The zero-order valence-electron chi connectivity index (χ0n) is 8.53. The molecule has 1 amide bonds. The van der Waals surface area contributed by atoms with E-state index in [1.807, 2.05) is 42.2 Å². The highest BCUT2D eigenvalue weighted by Crippen LogP contribution is 2.21. The van der Waals surface area contributed by atoms with Gasteiger partial charge in [-0.2, -0.15) is 0 Å². The van der Waals surface area contributed by atoms with E-state index < -0.39 is 0 Å². The van der Waals surface area contributed by atoms with E-state index in [-0.39, 0.29) is 5.91 Å². The highest BCUT2D eigenvalue weighted by Gasteiger charge is 2.19. The van der Waals surface area contributed by atoms with E-state index in [4.69, 9.17) is 0 Å². The van der Waals surface area contributed by atoms with Gasteiger partial charge in [-0.15, -0.1) is 0 Å². The second-order valence-corrected chi connectivity index (χ2v) is 4.85. The molecular weight excluding hydrogens is 301 g/mol. The molecule has 1 aromatic rings. The summed E-state index contributed by atoms with van der Waals surface area (Å²) in [5, 5.41) is 0. The van der Waals surface area contributed by atoms with Gasteiger partial charge in [0.1, 0.15) is 0 Å². The second-order valence-electron chi connectivity index (χ2n) is 3.61. The summed E-state index contributed by atoms with van der Waals surface area (Å²) in [6.07, 6.45) is 2.95. The van der Waals surface area contributed by atoms with E-state index in [9.17, 15) is 4.79 Å². The first-order chi connectivity index (χ1) is 7.18. The molecule has 78 valence electrons. The third-order valence-corrected chi connectivity index (χ3v) is 3.24. The van der Waals surface area contributed by atoms with E-state index in [0.717, 1.165) is 24.2 Å². The molecule has 0 radical (unpaired) electrons. The predicted octanol–water partition coefficient (Wildman–Crippen LogP) is 2.97. The van der Waals surface area contributed by atoms with Crippen molar-refractivity contribution < 1.29 is 4.79 Å². The first-order valence-electron chi connectivity index (χ1n) is 4.92. The number of carbonyl (C=O) groups excluding carboxylic acids is 1. The van der Waals surface area contributed by atoms with Crippen LogP contribution in [0, 0.1) is 3.57 Å². The van der Waals surface area contributed by atoms with Crippen LogP contribution in [0.2, 0.25) is 0 Å². The molecule has 1 aliphatic heterocycles. The van der Waals surface area contributed by atoms with Crippen LogP contribution in [0.1, 0.15) is 13.3 Å². The molecule has 2 nitrogen and oxygen atoms in total. The molecule has 0 aliphatic carbocycles. The number of amides is 1. The molecule has 3 heteroatoms. The lowest BCUT2D eigenvalue weighted by atomic mass is 10.1. The Morgan fingerprint density at radius 1 is 1.27 bits per heavy atom. The summed E-state index contributed by atoms with van der Waals surface area (Å²) >= 11 is 2.26. The van der Waals surface area contributed by atoms with Crippen LogP contribution in [-0.2, 0) is 4.79 Å². The Hall–Kier alpha value is -0.840. The summed E-state index contributed by atoms with van der Waals surface area (Å²) in [6, 6.07) is 8.05. The Labute approximate surface area is 103 Å². The average Bonchev–Trinajstić information content (AvgIpc) is 2.24. The van der Waals surface area contributed by atoms with Crippen LogP contribution in [0.3, 0.4) is 0 Å². The van der Waals surface area contributed by atoms with Crippen LogP contribution >= 0.6 is 22.6 Å². The third-order valence-electron chi connectivity index (χ3n) is 2.52. The predicted molar refractivity (Wildman–Crippen MR) is 69.9 cm³/mol. The fourth-order valence-electron chi connectivity index (χ4n) is 1.68. The summed E-state index contributed by atoms with van der Waals surface area (Å²) in [4.78, 5) is 13.7. The Balaban J connectivity index is 2.28. The van der Waals surface area contributed by atoms with Crippen LogP contribution in [0.25, 0.3) is 0 Å². The lowest BCUT2D eigenvalue weighted by molar-refractivity contribution is -0.115. The first-order valence-corrected chi connectivity index (χ1v) is 6.00. The SMILES string of the molecule is CC1=CCCN(c2ccc(I)cc2)C1=O. The molecule has 1 heterocycles. The summed E-state index contributed by atoms with van der Waals surface area (Å²) in [7, 11) is 0. The molecule has 15 heavy (non-hydrogen) atoms. The smallest absolute Gasteiger partial charge is 0.253 e. The lowest BCUT2D eigenvalue weighted by Crippen LogP contribution is -2.34. The van der Waals surface area contributed by atoms with Crippen molar-refractivity contribution in [1.29, 1.82) is 0 Å². The van der Waals surface area contributed by atoms with Gasteiger partial charge < -0.3 is 4.90 Å². The van der Waals surface area contributed by atoms with Crippen LogP contribution < -0.4 is 4.90 Å². The number of hydrogen-bond donors (Lipinski definition) is 0. The van der Waals surface area contributed by atoms with Crippen molar-refractivity contribution in [2.45, 2.75) is 13.3 Å². The molecule has 1 aliphatic rings. The third kappa shape index (κ3) is 2.22. The Morgan fingerprint density at radius 2 is 1.93 bits per heavy atom. The lowest BCUT2D eigenvalue weighted by Gasteiger charge is -2.26. The number of hydrogen-bond acceptors (Lipinski definition) is 1. The highest BCUT2D eigenvalue weighted by molar-refractivity contribution is 14.1. The summed E-state index contributed by atoms with van der Waals surface area (Å²) in [6.45, 7) is 2.66. The highest BCUT2D eigenvalue weighted by atomic mass is 127. The van der Waals surface area contributed by atoms with Crippen LogP contribution in [0.15, 0.2) is 35.9 Å². The van der Waals surface area contributed by atoms with Gasteiger partial charge in [-0.1, -0.05) is 6.08 Å². The number of carbonyl (C=O) groups is 1. The molecule has 0 N–H and O–H groups in total. The molecule has 0 saturated heterocycles. The number of anilines is 1. The van der Waals surface area contributed by atoms with Crippen LogP contribution in [0.4, 0.5) is 5.69 Å². The van der Waals surface area contributed by atoms with Crippen molar-refractivity contribution in [2.24, 2.45) is 0 Å². The van der Waals surface area contributed by atoms with Crippen molar-refractivity contribution >= 4 is 34.2 Å². The molecule has 2 rings (SSSR count). The van der Waals surface area contributed by atoms with Gasteiger partial charge >= 0.3 is 0 Å². The average molecular weight is 313 g/mol. The van der Waals surface area contributed by atoms with Gasteiger partial charge in [-0.05, 0) is 60.2 Å². The minimum atomic E-state index is 0.127. The fourth-order valence-corrected chi connectivity index (χ4v) is 2.04. The molecule has 0 atom stereocenters. The fraction of sp³-hybridized carbons (Fsp3) is 0.250. The van der Waals surface area contributed by atoms with Gasteiger partial charge in [0.05, 0.1) is 0 Å². The second kappa shape index (κ2) is 4.35. The molecule has 0 unspecified atom stereocenters. The molecule has 0 fully saturated rings. The Kier molecular flexibility index (Phi) is 3.09. The maximum Gasteiger partial charge on any atom is 0.253 e. The van der Waals surface area contributed by atoms with Gasteiger partial charge in [0.15, 0.2) is 0 Å². The van der Waals surface area contributed by atoms with Crippen molar-refractivity contribution in [2.75, 3.05) is 11.4 Å². The van der Waals surface area contributed by atoms with Crippen molar-refractivity contribution in [3.05, 3.63) is 39.5 Å². The van der Waals surface area contributed by atoms with Crippen molar-refractivity contribution in [3.8, 4) is 0 Å². The first kappa shape index (κ1) is 10.7. The quantitative estimate of drug-likeness (QED) is 0.730. The van der Waals surface area contributed by atoms with Gasteiger partial charge in [-0.25, -0.2) is 0 Å². The Bertz CT molecular complexity index is 408. The van der Waals surface area contributed by atoms with Crippen LogP contribution in [-0.4, -0.2) is 12.5 Å². The topological polar surface area (TPSA) is 20.3 Å². The minimum absolute atomic E-state index is 0.127. The number of halogens is 1. The maximum atomic E-state index is 11.9. The summed E-state index contributed by atoms with van der Waals surface area (Å²) in [5.74, 6) is 0.127. The maximum absolute atomic E-state index is 11.9. The number of nitrogens with zero attached hydrogens (tertiary/aromatic N) is 1. The Morgan fingerprint density at radius 3 is 2.60 bits per heavy atom. The van der Waals surface area contributed by atoms with Crippen LogP contribution in [0.5, 0.6) is 0 Å². The molecule has 0 bridgehead atoms. The van der Waals surface area contributed by atoms with Crippen molar-refractivity contribution in [1.82, 2.24) is 0 Å². The molecule has 0 spiro atoms. The van der Waals surface area contributed by atoms with E-state index in [1.165, 1.54) is 3.57 Å². The molecule has 1 aromatic carbocycles. The molecule has 0 aromatic heterocycles. The van der Waals surface area contributed by atoms with Gasteiger partial charge in [-0.3, -0.25) is 4.79 Å². The molecule has 0 saturated carbocycles. The van der Waals surface area contributed by atoms with E-state index in [0.29, 0.717) is 0 Å².